The van der Waals surface area contributed by atoms with Crippen molar-refractivity contribution in [2.45, 2.75) is 12.1 Å². The third-order valence-corrected chi connectivity index (χ3v) is 4.25. The van der Waals surface area contributed by atoms with Gasteiger partial charge in [0.25, 0.3) is 5.91 Å². The molecule has 2 heterocycles. The van der Waals surface area contributed by atoms with E-state index in [2.05, 4.69) is 21.2 Å². The number of aromatic nitrogens is 1. The van der Waals surface area contributed by atoms with Crippen molar-refractivity contribution >= 4 is 23.3 Å². The molecule has 0 spiro atoms. The van der Waals surface area contributed by atoms with Crippen molar-refractivity contribution in [3.05, 3.63) is 58.7 Å². The average molecular weight is 346 g/mol. The van der Waals surface area contributed by atoms with Crippen LogP contribution >= 0.6 is 11.6 Å². The second kappa shape index (κ2) is 7.17. The van der Waals surface area contributed by atoms with E-state index in [-0.39, 0.29) is 18.0 Å². The highest BCUT2D eigenvalue weighted by molar-refractivity contribution is 6.30. The summed E-state index contributed by atoms with van der Waals surface area (Å²) in [7, 11) is 3.78. The van der Waals surface area contributed by atoms with Crippen molar-refractivity contribution in [3.63, 3.8) is 0 Å². The molecule has 0 saturated carbocycles. The van der Waals surface area contributed by atoms with Crippen molar-refractivity contribution in [1.29, 1.82) is 0 Å². The first kappa shape index (κ1) is 16.7. The van der Waals surface area contributed by atoms with Crippen LogP contribution in [0.25, 0.3) is 0 Å². The molecule has 3 rings (SSSR count). The molecule has 2 aromatic rings. The van der Waals surface area contributed by atoms with Gasteiger partial charge in [0, 0.05) is 43.3 Å². The second-order valence-corrected chi connectivity index (χ2v) is 6.37. The first-order valence-corrected chi connectivity index (χ1v) is 8.10. The fraction of sp³-hybridized carbons (Fsp3) is 0.294. The van der Waals surface area contributed by atoms with E-state index in [0.29, 0.717) is 17.1 Å². The molecule has 6 nitrogen and oxygen atoms in total. The number of nitrogens with zero attached hydrogens (tertiary/aromatic N) is 2. The lowest BCUT2D eigenvalue weighted by Crippen LogP contribution is -2.46. The number of amides is 1. The molecule has 24 heavy (non-hydrogen) atoms. The number of benzene rings is 1. The zero-order chi connectivity index (χ0) is 17.1. The van der Waals surface area contributed by atoms with Crippen molar-refractivity contribution in [3.8, 4) is 0 Å². The second-order valence-electron chi connectivity index (χ2n) is 5.94. The highest BCUT2D eigenvalue weighted by atomic mass is 35.5. The standard InChI is InChI=1S/C17H20ClN5O/c1-23(2)15-9-12(6-7-19-15)17(24)21-16-14(10-20-22-16)11-4-3-5-13(18)8-11/h3-9,14,16,20,22H,10H2,1-2H3,(H,21,24). The molecule has 1 aliphatic heterocycles. The van der Waals surface area contributed by atoms with Crippen LogP contribution in [0.2, 0.25) is 5.02 Å². The first-order valence-electron chi connectivity index (χ1n) is 7.72. The van der Waals surface area contributed by atoms with E-state index >= 15 is 0 Å². The van der Waals surface area contributed by atoms with E-state index in [1.54, 1.807) is 18.3 Å². The predicted molar refractivity (Wildman–Crippen MR) is 95.1 cm³/mol. The zero-order valence-electron chi connectivity index (χ0n) is 13.6. The number of rotatable bonds is 4. The van der Waals surface area contributed by atoms with Gasteiger partial charge in [-0.05, 0) is 29.8 Å². The third-order valence-electron chi connectivity index (χ3n) is 4.01. The van der Waals surface area contributed by atoms with Crippen LogP contribution in [0.4, 0.5) is 5.82 Å². The van der Waals surface area contributed by atoms with E-state index in [0.717, 1.165) is 11.4 Å². The Balaban J connectivity index is 1.75. The SMILES string of the molecule is CN(C)c1cc(C(=O)NC2NNCC2c2cccc(Cl)c2)ccn1. The number of halogens is 1. The fourth-order valence-electron chi connectivity index (χ4n) is 2.71. The van der Waals surface area contributed by atoms with E-state index in [1.807, 2.05) is 43.3 Å². The molecule has 1 aliphatic rings. The van der Waals surface area contributed by atoms with Gasteiger partial charge in [0.2, 0.25) is 0 Å². The number of carbonyl (C=O) groups excluding carboxylic acids is 1. The summed E-state index contributed by atoms with van der Waals surface area (Å²) in [5, 5.41) is 3.72. The van der Waals surface area contributed by atoms with E-state index in [9.17, 15) is 4.79 Å². The Kier molecular flexibility index (Phi) is 4.99. The molecule has 0 bridgehead atoms. The summed E-state index contributed by atoms with van der Waals surface area (Å²) in [6, 6.07) is 11.2. The summed E-state index contributed by atoms with van der Waals surface area (Å²) >= 11 is 6.08. The summed E-state index contributed by atoms with van der Waals surface area (Å²) < 4.78 is 0. The maximum atomic E-state index is 12.6. The Morgan fingerprint density at radius 3 is 2.92 bits per heavy atom. The van der Waals surface area contributed by atoms with Crippen LogP contribution in [0.3, 0.4) is 0 Å². The monoisotopic (exact) mass is 345 g/mol. The molecule has 2 atom stereocenters. The summed E-state index contributed by atoms with van der Waals surface area (Å²) in [6.07, 6.45) is 1.42. The van der Waals surface area contributed by atoms with Crippen molar-refractivity contribution in [2.24, 2.45) is 0 Å². The summed E-state index contributed by atoms with van der Waals surface area (Å²) in [6.45, 7) is 0.713. The van der Waals surface area contributed by atoms with Gasteiger partial charge in [-0.2, -0.15) is 0 Å². The molecule has 0 aliphatic carbocycles. The summed E-state index contributed by atoms with van der Waals surface area (Å²) in [5.74, 6) is 0.697. The van der Waals surface area contributed by atoms with Crippen molar-refractivity contribution in [1.82, 2.24) is 21.2 Å². The molecule has 0 radical (unpaired) electrons. The minimum absolute atomic E-state index is 0.0998. The Bertz CT molecular complexity index is 736. The van der Waals surface area contributed by atoms with Gasteiger partial charge in [-0.15, -0.1) is 0 Å². The Morgan fingerprint density at radius 1 is 1.33 bits per heavy atom. The van der Waals surface area contributed by atoms with Crippen LogP contribution in [0.15, 0.2) is 42.6 Å². The van der Waals surface area contributed by atoms with E-state index in [1.165, 1.54) is 0 Å². The number of carbonyl (C=O) groups is 1. The zero-order valence-corrected chi connectivity index (χ0v) is 14.3. The average Bonchev–Trinajstić information content (AvgIpc) is 3.03. The van der Waals surface area contributed by atoms with Gasteiger partial charge in [-0.3, -0.25) is 10.2 Å². The molecule has 2 unspecified atom stereocenters. The highest BCUT2D eigenvalue weighted by Crippen LogP contribution is 2.24. The molecule has 1 fully saturated rings. The van der Waals surface area contributed by atoms with Crippen molar-refractivity contribution < 1.29 is 4.79 Å². The smallest absolute Gasteiger partial charge is 0.252 e. The molecular weight excluding hydrogens is 326 g/mol. The third kappa shape index (κ3) is 3.67. The number of pyridine rings is 1. The lowest BCUT2D eigenvalue weighted by Gasteiger charge is -2.21. The minimum Gasteiger partial charge on any atom is -0.363 e. The minimum atomic E-state index is -0.216. The summed E-state index contributed by atoms with van der Waals surface area (Å²) in [5.41, 5.74) is 7.86. The van der Waals surface area contributed by atoms with Crippen molar-refractivity contribution in [2.75, 3.05) is 25.5 Å². The van der Waals surface area contributed by atoms with Gasteiger partial charge >= 0.3 is 0 Å². The molecule has 126 valence electrons. The Morgan fingerprint density at radius 2 is 2.17 bits per heavy atom. The van der Waals surface area contributed by atoms with Crippen LogP contribution in [-0.4, -0.2) is 37.7 Å². The highest BCUT2D eigenvalue weighted by Gasteiger charge is 2.30. The predicted octanol–water partition coefficient (Wildman–Crippen LogP) is 1.75. The van der Waals surface area contributed by atoms with Crippen LogP contribution in [0, 0.1) is 0 Å². The number of nitrogens with one attached hydrogen (secondary N) is 3. The number of anilines is 1. The largest absolute Gasteiger partial charge is 0.363 e. The topological polar surface area (TPSA) is 69.3 Å². The first-order chi connectivity index (χ1) is 11.5. The Labute approximate surface area is 146 Å². The Hall–Kier alpha value is -2.15. The van der Waals surface area contributed by atoms with Gasteiger partial charge in [0.05, 0.1) is 0 Å². The molecular formula is C17H20ClN5O. The quantitative estimate of drug-likeness (QED) is 0.787. The normalized spacial score (nSPS) is 20.0. The number of hydrazine groups is 1. The van der Waals surface area contributed by atoms with Gasteiger partial charge in [0.15, 0.2) is 0 Å². The van der Waals surface area contributed by atoms with Gasteiger partial charge in [-0.1, -0.05) is 23.7 Å². The van der Waals surface area contributed by atoms with Crippen LogP contribution in [-0.2, 0) is 0 Å². The van der Waals surface area contributed by atoms with E-state index < -0.39 is 0 Å². The van der Waals surface area contributed by atoms with Gasteiger partial charge in [0.1, 0.15) is 12.0 Å². The maximum absolute atomic E-state index is 12.6. The van der Waals surface area contributed by atoms with Gasteiger partial charge < -0.3 is 10.2 Å². The molecule has 3 N–H and O–H groups in total. The van der Waals surface area contributed by atoms with Gasteiger partial charge in [-0.25, -0.2) is 10.4 Å². The lowest BCUT2D eigenvalue weighted by molar-refractivity contribution is 0.0929. The van der Waals surface area contributed by atoms with Crippen LogP contribution in [0.5, 0.6) is 0 Å². The molecule has 1 aromatic carbocycles. The summed E-state index contributed by atoms with van der Waals surface area (Å²) in [4.78, 5) is 18.7. The molecule has 1 aromatic heterocycles. The van der Waals surface area contributed by atoms with E-state index in [4.69, 9.17) is 11.6 Å². The molecule has 7 heteroatoms. The maximum Gasteiger partial charge on any atom is 0.252 e. The fourth-order valence-corrected chi connectivity index (χ4v) is 2.91. The lowest BCUT2D eigenvalue weighted by atomic mass is 9.97. The van der Waals surface area contributed by atoms with Crippen LogP contribution in [0.1, 0.15) is 21.8 Å². The number of hydrogen-bond acceptors (Lipinski definition) is 5. The molecule has 1 amide bonds. The molecule has 1 saturated heterocycles. The number of hydrogen-bond donors (Lipinski definition) is 3. The van der Waals surface area contributed by atoms with Crippen LogP contribution < -0.4 is 21.1 Å².